The first kappa shape index (κ1) is 11.8. The highest BCUT2D eigenvalue weighted by Gasteiger charge is 2.15. The van der Waals surface area contributed by atoms with Gasteiger partial charge in [-0.3, -0.25) is 9.48 Å². The Morgan fingerprint density at radius 1 is 1.71 bits per heavy atom. The monoisotopic (exact) mass is 276 g/mol. The van der Waals surface area contributed by atoms with Gasteiger partial charge in [-0.2, -0.15) is 16.9 Å². The fourth-order valence-electron chi connectivity index (χ4n) is 1.22. The van der Waals surface area contributed by atoms with Crippen LogP contribution in [0.3, 0.4) is 0 Å². The van der Waals surface area contributed by atoms with Crippen LogP contribution in [0.1, 0.15) is 23.8 Å². The summed E-state index contributed by atoms with van der Waals surface area (Å²) in [6.07, 6.45) is 4.59. The second-order valence-corrected chi connectivity index (χ2v) is 4.64. The van der Waals surface area contributed by atoms with Crippen molar-refractivity contribution in [3.63, 3.8) is 0 Å². The summed E-state index contributed by atoms with van der Waals surface area (Å²) in [6.45, 7) is 2.86. The summed E-state index contributed by atoms with van der Waals surface area (Å²) in [5.74, 6) is 0.643. The van der Waals surface area contributed by atoms with Crippen LogP contribution < -0.4 is 0 Å². The highest BCUT2D eigenvalue weighted by atomic mass is 79.9. The zero-order valence-corrected chi connectivity index (χ0v) is 10.7. The smallest absolute Gasteiger partial charge is 0.191 e. The molecule has 0 amide bonds. The van der Waals surface area contributed by atoms with E-state index in [-0.39, 0.29) is 5.78 Å². The number of Topliss-reactive ketones (excluding diaryl/α,β-unsaturated/α-hetero) is 1. The third kappa shape index (κ3) is 2.60. The molecular formula is C9H13BrN2OS. The van der Waals surface area contributed by atoms with Crippen LogP contribution >= 0.6 is 27.7 Å². The standard InChI is InChI=1S/C9H13BrN2OS/c1-3-4-12-9(7(10)5-11-12)8(13)6-14-2/h5H,3-4,6H2,1-2H3. The molecule has 1 aromatic heterocycles. The molecule has 1 rings (SSSR count). The normalized spacial score (nSPS) is 10.5. The molecule has 14 heavy (non-hydrogen) atoms. The maximum atomic E-state index is 11.7. The van der Waals surface area contributed by atoms with Gasteiger partial charge < -0.3 is 0 Å². The van der Waals surface area contributed by atoms with Crippen molar-refractivity contribution in [2.75, 3.05) is 12.0 Å². The minimum absolute atomic E-state index is 0.135. The predicted molar refractivity (Wildman–Crippen MR) is 62.9 cm³/mol. The molecule has 0 bridgehead atoms. The molecule has 0 atom stereocenters. The third-order valence-electron chi connectivity index (χ3n) is 1.77. The molecule has 0 fully saturated rings. The van der Waals surface area contributed by atoms with Crippen LogP contribution in [0.25, 0.3) is 0 Å². The number of halogens is 1. The summed E-state index contributed by atoms with van der Waals surface area (Å²) in [4.78, 5) is 11.7. The zero-order valence-electron chi connectivity index (χ0n) is 8.29. The van der Waals surface area contributed by atoms with Crippen molar-refractivity contribution in [3.05, 3.63) is 16.4 Å². The first-order chi connectivity index (χ1) is 6.70. The van der Waals surface area contributed by atoms with E-state index in [0.29, 0.717) is 11.4 Å². The van der Waals surface area contributed by atoms with Gasteiger partial charge in [0.2, 0.25) is 0 Å². The Hall–Kier alpha value is -0.290. The van der Waals surface area contributed by atoms with Crippen molar-refractivity contribution in [3.8, 4) is 0 Å². The first-order valence-electron chi connectivity index (χ1n) is 4.44. The SMILES string of the molecule is CCCn1ncc(Br)c1C(=O)CSC. The molecule has 0 aliphatic carbocycles. The number of carbonyl (C=O) groups is 1. The number of thioether (sulfide) groups is 1. The van der Waals surface area contributed by atoms with Crippen molar-refractivity contribution in [1.29, 1.82) is 0 Å². The number of nitrogens with zero attached hydrogens (tertiary/aromatic N) is 2. The van der Waals surface area contributed by atoms with Gasteiger partial charge in [-0.15, -0.1) is 0 Å². The Kier molecular flexibility index (Phi) is 4.68. The van der Waals surface area contributed by atoms with E-state index in [0.717, 1.165) is 17.4 Å². The number of rotatable bonds is 5. The number of aryl methyl sites for hydroxylation is 1. The molecule has 5 heteroatoms. The minimum atomic E-state index is 0.135. The van der Waals surface area contributed by atoms with E-state index in [9.17, 15) is 4.79 Å². The lowest BCUT2D eigenvalue weighted by Gasteiger charge is -2.04. The van der Waals surface area contributed by atoms with Crippen molar-refractivity contribution >= 4 is 33.5 Å². The lowest BCUT2D eigenvalue weighted by molar-refractivity contribution is 0.101. The molecule has 1 heterocycles. The molecule has 0 aliphatic heterocycles. The molecule has 0 unspecified atom stereocenters. The summed E-state index contributed by atoms with van der Waals surface area (Å²) in [6, 6.07) is 0. The Morgan fingerprint density at radius 3 is 3.00 bits per heavy atom. The van der Waals surface area contributed by atoms with E-state index in [1.165, 1.54) is 11.8 Å². The lowest BCUT2D eigenvalue weighted by Crippen LogP contribution is -2.12. The van der Waals surface area contributed by atoms with Crippen molar-refractivity contribution in [1.82, 2.24) is 9.78 Å². The van der Waals surface area contributed by atoms with Gasteiger partial charge >= 0.3 is 0 Å². The highest BCUT2D eigenvalue weighted by molar-refractivity contribution is 9.10. The Morgan fingerprint density at radius 2 is 2.43 bits per heavy atom. The van der Waals surface area contributed by atoms with Crippen LogP contribution in [-0.4, -0.2) is 27.6 Å². The Labute approximate surface area is 96.4 Å². The van der Waals surface area contributed by atoms with E-state index in [2.05, 4.69) is 28.0 Å². The first-order valence-corrected chi connectivity index (χ1v) is 6.62. The maximum Gasteiger partial charge on any atom is 0.191 e. The number of carbonyl (C=O) groups excluding carboxylic acids is 1. The topological polar surface area (TPSA) is 34.9 Å². The minimum Gasteiger partial charge on any atom is -0.291 e. The number of aromatic nitrogens is 2. The van der Waals surface area contributed by atoms with Gasteiger partial charge in [0.1, 0.15) is 5.69 Å². The highest BCUT2D eigenvalue weighted by Crippen LogP contribution is 2.18. The third-order valence-corrected chi connectivity index (χ3v) is 2.90. The van der Waals surface area contributed by atoms with E-state index in [4.69, 9.17) is 0 Å². The van der Waals surface area contributed by atoms with Crippen LogP contribution in [0.4, 0.5) is 0 Å². The van der Waals surface area contributed by atoms with Gasteiger partial charge in [-0.25, -0.2) is 0 Å². The molecule has 0 saturated carbocycles. The molecule has 0 saturated heterocycles. The number of ketones is 1. The van der Waals surface area contributed by atoms with Crippen molar-refractivity contribution < 1.29 is 4.79 Å². The predicted octanol–water partition coefficient (Wildman–Crippen LogP) is 2.60. The molecule has 0 radical (unpaired) electrons. The van der Waals surface area contributed by atoms with Gasteiger partial charge in [0.25, 0.3) is 0 Å². The molecule has 3 nitrogen and oxygen atoms in total. The molecule has 0 N–H and O–H groups in total. The maximum absolute atomic E-state index is 11.7. The van der Waals surface area contributed by atoms with E-state index in [1.54, 1.807) is 10.9 Å². The summed E-state index contributed by atoms with van der Waals surface area (Å²) in [5.41, 5.74) is 0.696. The van der Waals surface area contributed by atoms with Gasteiger partial charge in [0.15, 0.2) is 5.78 Å². The van der Waals surface area contributed by atoms with Crippen molar-refractivity contribution in [2.45, 2.75) is 19.9 Å². The van der Waals surface area contributed by atoms with Gasteiger partial charge in [-0.1, -0.05) is 6.92 Å². The fraction of sp³-hybridized carbons (Fsp3) is 0.556. The van der Waals surface area contributed by atoms with E-state index >= 15 is 0 Å². The van der Waals surface area contributed by atoms with Crippen LogP contribution in [0.2, 0.25) is 0 Å². The molecular weight excluding hydrogens is 264 g/mol. The van der Waals surface area contributed by atoms with E-state index < -0.39 is 0 Å². The molecule has 0 spiro atoms. The van der Waals surface area contributed by atoms with Crippen LogP contribution in [0.15, 0.2) is 10.7 Å². The summed E-state index contributed by atoms with van der Waals surface area (Å²) < 4.78 is 2.56. The molecule has 0 aliphatic rings. The van der Waals surface area contributed by atoms with Gasteiger partial charge in [0, 0.05) is 6.54 Å². The summed E-state index contributed by atoms with van der Waals surface area (Å²) in [7, 11) is 0. The second-order valence-electron chi connectivity index (χ2n) is 2.92. The van der Waals surface area contributed by atoms with Crippen LogP contribution in [0.5, 0.6) is 0 Å². The summed E-state index contributed by atoms with van der Waals surface area (Å²) >= 11 is 4.88. The Balaban J connectivity index is 2.92. The van der Waals surface area contributed by atoms with Crippen LogP contribution in [0, 0.1) is 0 Å². The van der Waals surface area contributed by atoms with E-state index in [1.807, 2.05) is 6.26 Å². The number of hydrogen-bond donors (Lipinski definition) is 0. The van der Waals surface area contributed by atoms with Crippen molar-refractivity contribution in [2.24, 2.45) is 0 Å². The second kappa shape index (κ2) is 5.56. The number of hydrogen-bond acceptors (Lipinski definition) is 3. The largest absolute Gasteiger partial charge is 0.291 e. The average molecular weight is 277 g/mol. The molecule has 1 aromatic rings. The van der Waals surface area contributed by atoms with Gasteiger partial charge in [0.05, 0.1) is 16.4 Å². The fourth-order valence-corrected chi connectivity index (χ4v) is 2.14. The Bertz CT molecular complexity index is 325. The zero-order chi connectivity index (χ0) is 10.6. The average Bonchev–Trinajstić information content (AvgIpc) is 2.48. The summed E-state index contributed by atoms with van der Waals surface area (Å²) in [5, 5.41) is 4.15. The van der Waals surface area contributed by atoms with Gasteiger partial charge in [-0.05, 0) is 28.6 Å². The van der Waals surface area contributed by atoms with Crippen LogP contribution in [-0.2, 0) is 6.54 Å². The quantitative estimate of drug-likeness (QED) is 0.776. The molecule has 78 valence electrons. The molecule has 0 aromatic carbocycles. The lowest BCUT2D eigenvalue weighted by atomic mass is 10.3.